The molecule has 0 atom stereocenters. The summed E-state index contributed by atoms with van der Waals surface area (Å²) in [5.74, 6) is 0.791. The van der Waals surface area contributed by atoms with Crippen molar-refractivity contribution < 1.29 is 0 Å². The number of aliphatic imine (C=N–C) groups is 1. The molecule has 1 heterocycles. The van der Waals surface area contributed by atoms with Gasteiger partial charge in [0.2, 0.25) is 0 Å². The van der Waals surface area contributed by atoms with Crippen molar-refractivity contribution in [2.24, 2.45) is 4.99 Å². The molecule has 2 N–H and O–H groups in total. The number of imidazole rings is 1. The van der Waals surface area contributed by atoms with Gasteiger partial charge in [-0.2, -0.15) is 0 Å². The van der Waals surface area contributed by atoms with E-state index in [4.69, 9.17) is 11.6 Å². The Labute approximate surface area is 188 Å². The average Bonchev–Trinajstić information content (AvgIpc) is 3.19. The number of nitrogens with zero attached hydrogens (tertiary/aromatic N) is 3. The first-order valence-electron chi connectivity index (χ1n) is 8.95. The van der Waals surface area contributed by atoms with Crippen molar-refractivity contribution in [1.29, 1.82) is 0 Å². The molecule has 5 nitrogen and oxygen atoms in total. The Morgan fingerprint density at radius 2 is 1.86 bits per heavy atom. The Bertz CT molecular complexity index is 863. The summed E-state index contributed by atoms with van der Waals surface area (Å²) in [5, 5.41) is 7.45. The SMILES string of the molecule is CN=C(NCCc1cccc(Cl)c1)NCc1ccc(Cn2ccnc2)cc1.I. The fraction of sp³-hybridized carbons (Fsp3) is 0.238. The molecule has 0 aliphatic carbocycles. The van der Waals surface area contributed by atoms with E-state index < -0.39 is 0 Å². The minimum Gasteiger partial charge on any atom is -0.356 e. The molecular formula is C21H25ClIN5. The van der Waals surface area contributed by atoms with Crippen LogP contribution in [0, 0.1) is 0 Å². The van der Waals surface area contributed by atoms with Crippen LogP contribution in [0.1, 0.15) is 16.7 Å². The Morgan fingerprint density at radius 1 is 1.07 bits per heavy atom. The maximum Gasteiger partial charge on any atom is 0.191 e. The van der Waals surface area contributed by atoms with E-state index in [0.29, 0.717) is 0 Å². The van der Waals surface area contributed by atoms with E-state index >= 15 is 0 Å². The quantitative estimate of drug-likeness (QED) is 0.286. The smallest absolute Gasteiger partial charge is 0.191 e. The van der Waals surface area contributed by atoms with Crippen LogP contribution in [0.2, 0.25) is 5.02 Å². The molecule has 2 aromatic carbocycles. The van der Waals surface area contributed by atoms with Crippen LogP contribution in [0.3, 0.4) is 0 Å². The lowest BCUT2D eigenvalue weighted by Crippen LogP contribution is -2.37. The molecule has 0 saturated carbocycles. The molecular weight excluding hydrogens is 485 g/mol. The standard InChI is InChI=1S/C21H24ClN5.HI/c1-23-21(25-10-9-17-3-2-4-20(22)13-17)26-14-18-5-7-19(8-6-18)15-27-12-11-24-16-27;/h2-8,11-13,16H,9-10,14-15H2,1H3,(H2,23,25,26);1H. The number of aromatic nitrogens is 2. The Hall–Kier alpha value is -2.06. The Morgan fingerprint density at radius 3 is 2.54 bits per heavy atom. The van der Waals surface area contributed by atoms with Crippen LogP contribution in [0.5, 0.6) is 0 Å². The molecule has 28 heavy (non-hydrogen) atoms. The summed E-state index contributed by atoms with van der Waals surface area (Å²) in [7, 11) is 1.78. The third kappa shape index (κ3) is 7.16. The van der Waals surface area contributed by atoms with Gasteiger partial charge in [-0.15, -0.1) is 24.0 Å². The number of nitrogens with one attached hydrogen (secondary N) is 2. The van der Waals surface area contributed by atoms with Gasteiger partial charge >= 0.3 is 0 Å². The first-order chi connectivity index (χ1) is 13.2. The average molecular weight is 510 g/mol. The van der Waals surface area contributed by atoms with Gasteiger partial charge < -0.3 is 15.2 Å². The number of hydrogen-bond acceptors (Lipinski definition) is 2. The summed E-state index contributed by atoms with van der Waals surface area (Å²) >= 11 is 6.02. The molecule has 0 bridgehead atoms. The number of benzene rings is 2. The molecule has 3 aromatic rings. The number of guanidine groups is 1. The van der Waals surface area contributed by atoms with Crippen molar-refractivity contribution in [1.82, 2.24) is 20.2 Å². The molecule has 3 rings (SSSR count). The van der Waals surface area contributed by atoms with Crippen LogP contribution < -0.4 is 10.6 Å². The minimum absolute atomic E-state index is 0. The second-order valence-corrected chi connectivity index (χ2v) is 6.72. The highest BCUT2D eigenvalue weighted by atomic mass is 127. The van der Waals surface area contributed by atoms with Gasteiger partial charge in [-0.25, -0.2) is 4.98 Å². The van der Waals surface area contributed by atoms with E-state index in [1.807, 2.05) is 30.7 Å². The Balaban J connectivity index is 0.00000280. The molecule has 0 aliphatic heterocycles. The largest absolute Gasteiger partial charge is 0.356 e. The molecule has 0 radical (unpaired) electrons. The molecule has 0 spiro atoms. The van der Waals surface area contributed by atoms with Crippen LogP contribution in [0.4, 0.5) is 0 Å². The van der Waals surface area contributed by atoms with Crippen LogP contribution in [0.25, 0.3) is 0 Å². The highest BCUT2D eigenvalue weighted by Crippen LogP contribution is 2.10. The highest BCUT2D eigenvalue weighted by Gasteiger charge is 2.01. The fourth-order valence-electron chi connectivity index (χ4n) is 2.78. The summed E-state index contributed by atoms with van der Waals surface area (Å²) in [6.07, 6.45) is 6.48. The van der Waals surface area contributed by atoms with E-state index in [9.17, 15) is 0 Å². The van der Waals surface area contributed by atoms with Crippen molar-refractivity contribution >= 4 is 41.5 Å². The van der Waals surface area contributed by atoms with Crippen LogP contribution >= 0.6 is 35.6 Å². The molecule has 0 saturated heterocycles. The predicted molar refractivity (Wildman–Crippen MR) is 127 cm³/mol. The van der Waals surface area contributed by atoms with Gasteiger partial charge in [-0.3, -0.25) is 4.99 Å². The summed E-state index contributed by atoms with van der Waals surface area (Å²) < 4.78 is 2.05. The van der Waals surface area contributed by atoms with Gasteiger partial charge in [0.1, 0.15) is 0 Å². The van der Waals surface area contributed by atoms with E-state index in [0.717, 1.165) is 37.0 Å². The molecule has 0 aliphatic rings. The van der Waals surface area contributed by atoms with Gasteiger partial charge in [-0.05, 0) is 35.2 Å². The number of halogens is 2. The van der Waals surface area contributed by atoms with Crippen LogP contribution in [-0.4, -0.2) is 29.1 Å². The monoisotopic (exact) mass is 509 g/mol. The molecule has 0 fully saturated rings. The van der Waals surface area contributed by atoms with Crippen LogP contribution in [-0.2, 0) is 19.5 Å². The molecule has 0 amide bonds. The first-order valence-corrected chi connectivity index (χ1v) is 9.33. The lowest BCUT2D eigenvalue weighted by molar-refractivity contribution is 0.788. The third-order valence-electron chi connectivity index (χ3n) is 4.23. The zero-order chi connectivity index (χ0) is 18.9. The summed E-state index contributed by atoms with van der Waals surface area (Å²) in [6, 6.07) is 16.5. The summed E-state index contributed by atoms with van der Waals surface area (Å²) in [6.45, 7) is 2.35. The van der Waals surface area contributed by atoms with Gasteiger partial charge in [0, 0.05) is 44.1 Å². The topological polar surface area (TPSA) is 54.2 Å². The van der Waals surface area contributed by atoms with Crippen molar-refractivity contribution in [3.8, 4) is 0 Å². The second-order valence-electron chi connectivity index (χ2n) is 6.28. The normalized spacial score (nSPS) is 11.0. The van der Waals surface area contributed by atoms with Crippen molar-refractivity contribution in [2.45, 2.75) is 19.5 Å². The molecule has 148 valence electrons. The maximum absolute atomic E-state index is 6.02. The summed E-state index contributed by atoms with van der Waals surface area (Å²) in [4.78, 5) is 8.35. The van der Waals surface area contributed by atoms with Crippen molar-refractivity contribution in [3.05, 3.63) is 89.0 Å². The zero-order valence-corrected chi connectivity index (χ0v) is 18.9. The van der Waals surface area contributed by atoms with E-state index in [1.165, 1.54) is 16.7 Å². The van der Waals surface area contributed by atoms with Gasteiger partial charge in [0.25, 0.3) is 0 Å². The second kappa shape index (κ2) is 11.7. The predicted octanol–water partition coefficient (Wildman–Crippen LogP) is 4.11. The van der Waals surface area contributed by atoms with E-state index in [1.54, 1.807) is 13.2 Å². The maximum atomic E-state index is 6.02. The Kier molecular flexibility index (Phi) is 9.30. The third-order valence-corrected chi connectivity index (χ3v) is 4.46. The number of rotatable bonds is 7. The fourth-order valence-corrected chi connectivity index (χ4v) is 2.99. The van der Waals surface area contributed by atoms with Gasteiger partial charge in [-0.1, -0.05) is 48.0 Å². The van der Waals surface area contributed by atoms with Gasteiger partial charge in [0.05, 0.1) is 6.33 Å². The number of hydrogen-bond donors (Lipinski definition) is 2. The molecule has 7 heteroatoms. The zero-order valence-electron chi connectivity index (χ0n) is 15.8. The molecule has 0 unspecified atom stereocenters. The van der Waals surface area contributed by atoms with Crippen molar-refractivity contribution in [2.75, 3.05) is 13.6 Å². The summed E-state index contributed by atoms with van der Waals surface area (Å²) in [5.41, 5.74) is 3.67. The lowest BCUT2D eigenvalue weighted by atomic mass is 10.1. The highest BCUT2D eigenvalue weighted by molar-refractivity contribution is 14.0. The minimum atomic E-state index is 0. The van der Waals surface area contributed by atoms with Gasteiger partial charge in [0.15, 0.2) is 5.96 Å². The van der Waals surface area contributed by atoms with Crippen LogP contribution in [0.15, 0.2) is 72.2 Å². The first kappa shape index (κ1) is 22.2. The van der Waals surface area contributed by atoms with E-state index in [-0.39, 0.29) is 24.0 Å². The van der Waals surface area contributed by atoms with Crippen molar-refractivity contribution in [3.63, 3.8) is 0 Å². The van der Waals surface area contributed by atoms with E-state index in [2.05, 4.69) is 55.5 Å². The lowest BCUT2D eigenvalue weighted by Gasteiger charge is -2.12. The molecule has 1 aromatic heterocycles.